The molecular formula is C57H62Cl3NO22. The van der Waals surface area contributed by atoms with Gasteiger partial charge in [-0.3, -0.25) is 19.2 Å². The fourth-order valence-electron chi connectivity index (χ4n) is 9.19. The van der Waals surface area contributed by atoms with Gasteiger partial charge in [0.15, 0.2) is 49.4 Å². The maximum absolute atomic E-state index is 14.3. The van der Waals surface area contributed by atoms with Gasteiger partial charge in [0.05, 0.1) is 37.1 Å². The normalized spacial score (nSPS) is 27.8. The predicted molar refractivity (Wildman–Crippen MR) is 288 cm³/mol. The first-order valence-electron chi connectivity index (χ1n) is 26.0. The molecule has 3 saturated heterocycles. The van der Waals surface area contributed by atoms with Crippen molar-refractivity contribution < 1.29 is 105 Å². The molecule has 26 heteroatoms. The van der Waals surface area contributed by atoms with Crippen molar-refractivity contribution in [2.75, 3.05) is 19.8 Å². The number of rotatable bonds is 22. The molecule has 0 aliphatic carbocycles. The second kappa shape index (κ2) is 30.4. The Morgan fingerprint density at radius 2 is 0.976 bits per heavy atom. The van der Waals surface area contributed by atoms with E-state index in [2.05, 4.69) is 5.32 Å². The Morgan fingerprint density at radius 3 is 1.52 bits per heavy atom. The summed E-state index contributed by atoms with van der Waals surface area (Å²) in [5, 5.41) is 14.6. The van der Waals surface area contributed by atoms with Crippen molar-refractivity contribution in [3.63, 3.8) is 0 Å². The fraction of sp³-hybridized carbons (Fsp3) is 0.456. The number of esters is 6. The van der Waals surface area contributed by atoms with E-state index >= 15 is 0 Å². The summed E-state index contributed by atoms with van der Waals surface area (Å²) < 4.78 is 83.8. The first kappa shape index (κ1) is 64.1. The van der Waals surface area contributed by atoms with E-state index in [1.54, 1.807) is 97.1 Å². The van der Waals surface area contributed by atoms with E-state index in [1.807, 2.05) is 0 Å². The predicted octanol–water partition coefficient (Wildman–Crippen LogP) is 6.02. The van der Waals surface area contributed by atoms with Gasteiger partial charge in [-0.1, -0.05) is 132 Å². The van der Waals surface area contributed by atoms with Crippen LogP contribution >= 0.6 is 34.8 Å². The molecule has 3 aliphatic heterocycles. The van der Waals surface area contributed by atoms with Crippen LogP contribution in [0.1, 0.15) is 66.5 Å². The highest BCUT2D eigenvalue weighted by Crippen LogP contribution is 2.38. The maximum Gasteiger partial charge on any atom is 0.407 e. The third-order valence-electron chi connectivity index (χ3n) is 12.8. The lowest BCUT2D eigenvalue weighted by atomic mass is 9.94. The zero-order valence-corrected chi connectivity index (χ0v) is 47.7. The molecule has 0 saturated carbocycles. The van der Waals surface area contributed by atoms with Crippen molar-refractivity contribution in [3.05, 3.63) is 144 Å². The molecule has 7 rings (SSSR count). The summed E-state index contributed by atoms with van der Waals surface area (Å²) in [6, 6.07) is 31.7. The number of alkyl carbamates (subject to hydrolysis) is 1. The molecule has 0 radical (unpaired) electrons. The second-order valence-corrected chi connectivity index (χ2v) is 21.7. The summed E-state index contributed by atoms with van der Waals surface area (Å²) in [6.07, 6.45) is -24.9. The van der Waals surface area contributed by atoms with E-state index in [4.69, 9.17) is 101 Å². The van der Waals surface area contributed by atoms with Gasteiger partial charge in [-0.25, -0.2) is 14.4 Å². The van der Waals surface area contributed by atoms with Gasteiger partial charge in [0.1, 0.15) is 49.8 Å². The van der Waals surface area contributed by atoms with Gasteiger partial charge in [-0.15, -0.1) is 0 Å². The van der Waals surface area contributed by atoms with Gasteiger partial charge in [0.25, 0.3) is 0 Å². The fourth-order valence-corrected chi connectivity index (χ4v) is 9.35. The number of carbonyl (C=O) groups is 7. The van der Waals surface area contributed by atoms with Crippen LogP contribution in [0.3, 0.4) is 0 Å². The third-order valence-corrected chi connectivity index (χ3v) is 13.1. The largest absolute Gasteiger partial charge is 0.463 e. The van der Waals surface area contributed by atoms with Crippen molar-refractivity contribution >= 4 is 76.7 Å². The van der Waals surface area contributed by atoms with Gasteiger partial charge < -0.3 is 76.7 Å². The molecule has 0 bridgehead atoms. The van der Waals surface area contributed by atoms with E-state index in [9.17, 15) is 38.7 Å². The molecule has 3 aliphatic rings. The Kier molecular flexibility index (Phi) is 23.4. The van der Waals surface area contributed by atoms with Crippen LogP contribution in [0.2, 0.25) is 0 Å². The average Bonchev–Trinajstić information content (AvgIpc) is 2.63. The SMILES string of the molecule is CC(=O)OC[C@H]1O[C@@H](O[C@H]2[C@H](O[C@@H]3O[C@@H](C)[C@@H](OC(=O)c4ccccc4)[C@@H](OC(=O)c4ccccc4)[C@@H]3OCc3ccccc3)[C@@H](NC(=O)OCC(Cl)(Cl)Cl)[C@H](O)O[C@@H]2COCc2ccccc2)[C@H](OC(C)=O)[C@@H](OC(C)=O)[C@H]1OC(C)=O. The van der Waals surface area contributed by atoms with E-state index in [1.165, 1.54) is 31.2 Å². The summed E-state index contributed by atoms with van der Waals surface area (Å²) in [5.74, 6) is -5.34. The molecule has 1 amide bonds. The van der Waals surface area contributed by atoms with Crippen molar-refractivity contribution in [2.24, 2.45) is 0 Å². The van der Waals surface area contributed by atoms with Crippen molar-refractivity contribution in [2.45, 2.75) is 144 Å². The first-order chi connectivity index (χ1) is 39.6. The molecule has 0 aromatic heterocycles. The molecule has 3 heterocycles. The lowest BCUT2D eigenvalue weighted by Crippen LogP contribution is -2.70. The molecule has 4 aromatic rings. The summed E-state index contributed by atoms with van der Waals surface area (Å²) in [7, 11) is 0. The van der Waals surface area contributed by atoms with Crippen LogP contribution in [0.25, 0.3) is 0 Å². The minimum Gasteiger partial charge on any atom is -0.463 e. The molecule has 3 fully saturated rings. The molecule has 0 spiro atoms. The molecule has 0 unspecified atom stereocenters. The standard InChI is InChI=1S/C57H62Cl3NO22/c1-31-43(80-51(66)38-22-14-8-15-23-38)47(81-52(67)39-24-16-9-17-25-39)49(72-27-37-20-12-7-13-21-37)54(74-31)83-46-42(61-56(69)73-30-57(58,59)60)53(68)78-40(28-70-26-36-18-10-6-11-19-36)44(46)82-55-50(77-35(5)65)48(76-34(4)64)45(75-33(3)63)41(79-55)29-71-32(2)62/h6-25,31,40-50,53-55,68H,26-30H2,1-5H3,(H,61,69)/t31-,40+,41+,42+,43+,44+,45-,46+,47+,48-,49-,50+,53+,54-,55-/m0/s1. The Labute approximate surface area is 492 Å². The molecule has 448 valence electrons. The van der Waals surface area contributed by atoms with Gasteiger partial charge in [-0.2, -0.15) is 0 Å². The van der Waals surface area contributed by atoms with Gasteiger partial charge in [-0.05, 0) is 42.3 Å². The number of hydrogen-bond donors (Lipinski definition) is 2. The number of carbonyl (C=O) groups excluding carboxylic acids is 7. The van der Waals surface area contributed by atoms with Crippen LogP contribution in [-0.4, -0.2) is 163 Å². The number of ether oxygens (including phenoxy) is 14. The topological polar surface area (TPSA) is 281 Å². The molecule has 83 heavy (non-hydrogen) atoms. The Morgan fingerprint density at radius 1 is 0.506 bits per heavy atom. The lowest BCUT2D eigenvalue weighted by Gasteiger charge is -2.50. The number of benzene rings is 4. The summed E-state index contributed by atoms with van der Waals surface area (Å²) in [5.41, 5.74) is 1.55. The Hall–Kier alpha value is -6.48. The molecular weight excluding hydrogens is 1160 g/mol. The van der Waals surface area contributed by atoms with E-state index in [0.717, 1.165) is 27.7 Å². The van der Waals surface area contributed by atoms with Crippen LogP contribution in [0.4, 0.5) is 4.79 Å². The second-order valence-electron chi connectivity index (χ2n) is 19.1. The first-order valence-corrected chi connectivity index (χ1v) is 27.2. The van der Waals surface area contributed by atoms with Gasteiger partial charge >= 0.3 is 41.9 Å². The van der Waals surface area contributed by atoms with Crippen LogP contribution in [0.15, 0.2) is 121 Å². The number of amides is 1. The summed E-state index contributed by atoms with van der Waals surface area (Å²) in [4.78, 5) is 93.1. The van der Waals surface area contributed by atoms with Crippen LogP contribution in [-0.2, 0) is 98.7 Å². The average molecular weight is 1220 g/mol. The van der Waals surface area contributed by atoms with Crippen LogP contribution in [0.5, 0.6) is 0 Å². The highest BCUT2D eigenvalue weighted by molar-refractivity contribution is 6.67. The highest BCUT2D eigenvalue weighted by Gasteiger charge is 2.59. The third kappa shape index (κ3) is 18.8. The Balaban J connectivity index is 1.38. The quantitative estimate of drug-likeness (QED) is 0.0517. The number of nitrogens with one attached hydrogen (secondary N) is 1. The number of aliphatic hydroxyl groups is 1. The van der Waals surface area contributed by atoms with E-state index < -0.39 is 158 Å². The smallest absolute Gasteiger partial charge is 0.407 e. The number of alkyl halides is 3. The number of aliphatic hydroxyl groups excluding tert-OH is 1. The maximum atomic E-state index is 14.3. The van der Waals surface area contributed by atoms with Crippen molar-refractivity contribution in [1.82, 2.24) is 5.32 Å². The lowest BCUT2D eigenvalue weighted by molar-refractivity contribution is -0.373. The Bertz CT molecular complexity index is 2780. The molecule has 2 N–H and O–H groups in total. The number of halogens is 3. The van der Waals surface area contributed by atoms with E-state index in [0.29, 0.717) is 11.1 Å². The molecule has 15 atom stereocenters. The van der Waals surface area contributed by atoms with Crippen LogP contribution in [0, 0.1) is 0 Å². The highest BCUT2D eigenvalue weighted by atomic mass is 35.6. The van der Waals surface area contributed by atoms with Gasteiger partial charge in [0, 0.05) is 27.7 Å². The van der Waals surface area contributed by atoms with Gasteiger partial charge in [0.2, 0.25) is 3.79 Å². The van der Waals surface area contributed by atoms with Crippen LogP contribution < -0.4 is 5.32 Å². The monoisotopic (exact) mass is 1220 g/mol. The zero-order valence-electron chi connectivity index (χ0n) is 45.4. The molecule has 4 aromatic carbocycles. The van der Waals surface area contributed by atoms with E-state index in [-0.39, 0.29) is 24.3 Å². The summed E-state index contributed by atoms with van der Waals surface area (Å²) >= 11 is 17.9. The number of hydrogen-bond acceptors (Lipinski definition) is 22. The van der Waals surface area contributed by atoms with Crippen molar-refractivity contribution in [3.8, 4) is 0 Å². The summed E-state index contributed by atoms with van der Waals surface area (Å²) in [6.45, 7) is 3.49. The molecule has 23 nitrogen and oxygen atoms in total. The minimum absolute atomic E-state index is 0.0463. The zero-order chi connectivity index (χ0) is 59.8. The minimum atomic E-state index is -2.13. The van der Waals surface area contributed by atoms with Crippen molar-refractivity contribution in [1.29, 1.82) is 0 Å².